The van der Waals surface area contributed by atoms with Crippen LogP contribution < -0.4 is 10.6 Å². The fourth-order valence-electron chi connectivity index (χ4n) is 2.28. The van der Waals surface area contributed by atoms with Crippen LogP contribution in [0, 0.1) is 12.7 Å². The van der Waals surface area contributed by atoms with E-state index < -0.39 is 0 Å². The van der Waals surface area contributed by atoms with E-state index in [9.17, 15) is 9.18 Å². The fourth-order valence-corrected chi connectivity index (χ4v) is 3.25. The predicted octanol–water partition coefficient (Wildman–Crippen LogP) is 3.81. The second-order valence-electron chi connectivity index (χ2n) is 5.61. The van der Waals surface area contributed by atoms with Gasteiger partial charge in [0, 0.05) is 13.6 Å². The number of aliphatic imine (C=N–C) groups is 1. The average molecular weight is 506 g/mol. The molecule has 1 unspecified atom stereocenters. The summed E-state index contributed by atoms with van der Waals surface area (Å²) in [6.07, 6.45) is 0. The number of rotatable bonds is 6. The van der Waals surface area contributed by atoms with Crippen molar-refractivity contribution in [1.82, 2.24) is 15.6 Å². The van der Waals surface area contributed by atoms with Crippen LogP contribution in [-0.4, -0.2) is 30.6 Å². The zero-order valence-corrected chi connectivity index (χ0v) is 18.9. The number of thiazole rings is 1. The minimum absolute atomic E-state index is 0. The van der Waals surface area contributed by atoms with Crippen molar-refractivity contribution in [3.05, 3.63) is 51.2 Å². The third kappa shape index (κ3) is 6.73. The van der Waals surface area contributed by atoms with Gasteiger partial charge < -0.3 is 15.4 Å². The molecule has 0 aliphatic heterocycles. The molecule has 0 amide bonds. The van der Waals surface area contributed by atoms with Crippen LogP contribution in [0.5, 0.6) is 0 Å². The Morgan fingerprint density at radius 2 is 2.19 bits per heavy atom. The number of guanidine groups is 1. The van der Waals surface area contributed by atoms with Crippen molar-refractivity contribution in [2.24, 2.45) is 4.99 Å². The summed E-state index contributed by atoms with van der Waals surface area (Å²) in [6, 6.07) is 6.23. The van der Waals surface area contributed by atoms with Gasteiger partial charge in [-0.3, -0.25) is 4.99 Å². The van der Waals surface area contributed by atoms with Gasteiger partial charge in [0.1, 0.15) is 15.7 Å². The van der Waals surface area contributed by atoms with E-state index in [1.165, 1.54) is 23.5 Å². The third-order valence-corrected chi connectivity index (χ3v) is 4.89. The summed E-state index contributed by atoms with van der Waals surface area (Å²) < 4.78 is 18.3. The maximum Gasteiger partial charge on any atom is 0.350 e. The van der Waals surface area contributed by atoms with Gasteiger partial charge >= 0.3 is 5.97 Å². The van der Waals surface area contributed by atoms with Gasteiger partial charge in [-0.15, -0.1) is 35.3 Å². The number of carbonyl (C=O) groups is 1. The van der Waals surface area contributed by atoms with Gasteiger partial charge in [0.05, 0.1) is 18.3 Å². The second kappa shape index (κ2) is 11.2. The molecular weight excluding hydrogens is 482 g/mol. The molecule has 2 N–H and O–H groups in total. The summed E-state index contributed by atoms with van der Waals surface area (Å²) in [5.74, 6) is -0.0627. The van der Waals surface area contributed by atoms with Crippen LogP contribution in [0.3, 0.4) is 0 Å². The smallest absolute Gasteiger partial charge is 0.350 e. The molecule has 1 aromatic heterocycles. The highest BCUT2D eigenvalue weighted by atomic mass is 127. The zero-order valence-electron chi connectivity index (χ0n) is 15.7. The lowest BCUT2D eigenvalue weighted by atomic mass is 10.2. The quantitative estimate of drug-likeness (QED) is 0.270. The standard InChI is InChI=1S/C18H23FN4O2S.HI/c1-5-25-17(24)15-11(2)22-16(26-15)12(3)23-18(20-4)21-10-13-7-6-8-14(19)9-13;/h6-9,12H,5,10H2,1-4H3,(H2,20,21,23);1H. The normalized spacial score (nSPS) is 12.1. The first kappa shape index (κ1) is 23.3. The maximum absolute atomic E-state index is 13.2. The molecule has 0 saturated carbocycles. The first-order valence-electron chi connectivity index (χ1n) is 8.30. The van der Waals surface area contributed by atoms with Gasteiger partial charge in [-0.1, -0.05) is 12.1 Å². The molecule has 6 nitrogen and oxygen atoms in total. The number of nitrogens with one attached hydrogen (secondary N) is 2. The van der Waals surface area contributed by atoms with Crippen LogP contribution >= 0.6 is 35.3 Å². The lowest BCUT2D eigenvalue weighted by molar-refractivity contribution is 0.0531. The summed E-state index contributed by atoms with van der Waals surface area (Å²) in [4.78, 5) is 21.1. The minimum atomic E-state index is -0.352. The minimum Gasteiger partial charge on any atom is -0.462 e. The molecule has 0 fully saturated rings. The van der Waals surface area contributed by atoms with E-state index in [1.807, 2.05) is 13.0 Å². The summed E-state index contributed by atoms with van der Waals surface area (Å²) >= 11 is 1.30. The van der Waals surface area contributed by atoms with Crippen LogP contribution in [0.1, 0.15) is 45.8 Å². The summed E-state index contributed by atoms with van der Waals surface area (Å²) in [5.41, 5.74) is 1.47. The molecule has 0 bridgehead atoms. The predicted molar refractivity (Wildman–Crippen MR) is 116 cm³/mol. The molecule has 0 radical (unpaired) electrons. The van der Waals surface area contributed by atoms with E-state index in [0.29, 0.717) is 29.7 Å². The van der Waals surface area contributed by atoms with Gasteiger partial charge in [0.15, 0.2) is 5.96 Å². The molecule has 148 valence electrons. The Bertz CT molecular complexity index is 797. The van der Waals surface area contributed by atoms with Gasteiger partial charge in [-0.05, 0) is 38.5 Å². The van der Waals surface area contributed by atoms with Crippen molar-refractivity contribution in [3.63, 3.8) is 0 Å². The van der Waals surface area contributed by atoms with E-state index in [-0.39, 0.29) is 41.8 Å². The van der Waals surface area contributed by atoms with E-state index >= 15 is 0 Å². The van der Waals surface area contributed by atoms with Crippen molar-refractivity contribution in [1.29, 1.82) is 0 Å². The first-order chi connectivity index (χ1) is 12.4. The SMILES string of the molecule is CCOC(=O)c1sc(C(C)NC(=NC)NCc2cccc(F)c2)nc1C.I. The number of benzene rings is 1. The van der Waals surface area contributed by atoms with Crippen LogP contribution in [0.2, 0.25) is 0 Å². The fraction of sp³-hybridized carbons (Fsp3) is 0.389. The Kier molecular flexibility index (Phi) is 9.64. The van der Waals surface area contributed by atoms with Gasteiger partial charge in [-0.25, -0.2) is 14.2 Å². The molecule has 9 heteroatoms. The van der Waals surface area contributed by atoms with Gasteiger partial charge in [0.25, 0.3) is 0 Å². The van der Waals surface area contributed by atoms with Crippen molar-refractivity contribution in [2.45, 2.75) is 33.4 Å². The van der Waals surface area contributed by atoms with Crippen molar-refractivity contribution in [2.75, 3.05) is 13.7 Å². The van der Waals surface area contributed by atoms with Crippen molar-refractivity contribution < 1.29 is 13.9 Å². The Labute approximate surface area is 179 Å². The number of nitrogens with zero attached hydrogens (tertiary/aromatic N) is 2. The largest absolute Gasteiger partial charge is 0.462 e. The molecule has 0 spiro atoms. The highest BCUT2D eigenvalue weighted by Crippen LogP contribution is 2.24. The third-order valence-electron chi connectivity index (χ3n) is 3.57. The summed E-state index contributed by atoms with van der Waals surface area (Å²) in [5, 5.41) is 7.12. The Morgan fingerprint density at radius 3 is 2.81 bits per heavy atom. The number of aromatic nitrogens is 1. The number of aryl methyl sites for hydroxylation is 1. The first-order valence-corrected chi connectivity index (χ1v) is 9.12. The van der Waals surface area contributed by atoms with Crippen LogP contribution in [0.25, 0.3) is 0 Å². The Morgan fingerprint density at radius 1 is 1.44 bits per heavy atom. The topological polar surface area (TPSA) is 75.6 Å². The molecule has 27 heavy (non-hydrogen) atoms. The molecule has 0 aliphatic carbocycles. The highest BCUT2D eigenvalue weighted by molar-refractivity contribution is 14.0. The molecule has 0 saturated heterocycles. The van der Waals surface area contributed by atoms with E-state index in [1.54, 1.807) is 27.0 Å². The number of hydrogen-bond donors (Lipinski definition) is 2. The number of ether oxygens (including phenoxy) is 1. The number of carbonyl (C=O) groups excluding carboxylic acids is 1. The Balaban J connectivity index is 0.00000364. The average Bonchev–Trinajstić information content (AvgIpc) is 3.00. The Hall–Kier alpha value is -1.75. The summed E-state index contributed by atoms with van der Waals surface area (Å²) in [7, 11) is 1.66. The monoisotopic (exact) mass is 506 g/mol. The molecule has 1 heterocycles. The molecule has 2 aromatic rings. The number of hydrogen-bond acceptors (Lipinski definition) is 5. The van der Waals surface area contributed by atoms with E-state index in [0.717, 1.165) is 10.6 Å². The number of halogens is 2. The van der Waals surface area contributed by atoms with E-state index in [2.05, 4.69) is 20.6 Å². The van der Waals surface area contributed by atoms with Crippen LogP contribution in [-0.2, 0) is 11.3 Å². The molecule has 2 rings (SSSR count). The number of esters is 1. The van der Waals surface area contributed by atoms with Gasteiger partial charge in [-0.2, -0.15) is 0 Å². The van der Waals surface area contributed by atoms with Crippen molar-refractivity contribution >= 4 is 47.2 Å². The molecule has 1 atom stereocenters. The maximum atomic E-state index is 13.2. The lowest BCUT2D eigenvalue weighted by Crippen LogP contribution is -2.38. The van der Waals surface area contributed by atoms with Crippen molar-refractivity contribution in [3.8, 4) is 0 Å². The molecular formula is C18H24FIN4O2S. The van der Waals surface area contributed by atoms with Crippen LogP contribution in [0.15, 0.2) is 29.3 Å². The summed E-state index contributed by atoms with van der Waals surface area (Å²) in [6.45, 7) is 6.26. The zero-order chi connectivity index (χ0) is 19.1. The van der Waals surface area contributed by atoms with E-state index in [4.69, 9.17) is 4.74 Å². The lowest BCUT2D eigenvalue weighted by Gasteiger charge is -2.16. The van der Waals surface area contributed by atoms with Gasteiger partial charge in [0.2, 0.25) is 0 Å². The molecule has 0 aliphatic rings. The second-order valence-corrected chi connectivity index (χ2v) is 6.64. The van der Waals surface area contributed by atoms with Crippen LogP contribution in [0.4, 0.5) is 4.39 Å². The highest BCUT2D eigenvalue weighted by Gasteiger charge is 2.20. The molecule has 1 aromatic carbocycles.